The lowest BCUT2D eigenvalue weighted by Crippen LogP contribution is -2.26. The maximum atomic E-state index is 4.42. The number of aromatic nitrogens is 4. The van der Waals surface area contributed by atoms with Crippen molar-refractivity contribution in [2.24, 2.45) is 0 Å². The fourth-order valence-corrected chi connectivity index (χ4v) is 1.66. The quantitative estimate of drug-likeness (QED) is 0.767. The molecule has 0 aromatic carbocycles. The van der Waals surface area contributed by atoms with Gasteiger partial charge in [0, 0.05) is 18.3 Å². The van der Waals surface area contributed by atoms with Gasteiger partial charge in [-0.25, -0.2) is 4.98 Å². The Bertz CT molecular complexity index is 535. The zero-order valence-electron chi connectivity index (χ0n) is 11.0. The van der Waals surface area contributed by atoms with Crippen molar-refractivity contribution in [2.75, 3.05) is 30.5 Å². The molecule has 0 aliphatic rings. The van der Waals surface area contributed by atoms with Crippen molar-refractivity contribution in [3.63, 3.8) is 0 Å². The minimum atomic E-state index is 0.150. The molecule has 3 N–H and O–H groups in total. The summed E-state index contributed by atoms with van der Waals surface area (Å²) >= 11 is 1.82. The Kier molecular flexibility index (Phi) is 3.60. The number of hydrogen-bond acceptors (Lipinski definition) is 6. The van der Waals surface area contributed by atoms with Gasteiger partial charge in [0.05, 0.1) is 6.33 Å². The second-order valence-electron chi connectivity index (χ2n) is 4.56. The van der Waals surface area contributed by atoms with Crippen molar-refractivity contribution in [1.82, 2.24) is 19.9 Å². The van der Waals surface area contributed by atoms with Gasteiger partial charge in [-0.15, -0.1) is 0 Å². The van der Waals surface area contributed by atoms with Gasteiger partial charge in [0.25, 0.3) is 0 Å². The van der Waals surface area contributed by atoms with E-state index in [2.05, 4.69) is 50.7 Å². The van der Waals surface area contributed by atoms with Crippen LogP contribution in [0.4, 0.5) is 11.8 Å². The Morgan fingerprint density at radius 1 is 1.39 bits per heavy atom. The fraction of sp³-hybridized carbons (Fsp3) is 0.545. The number of aromatic amines is 1. The summed E-state index contributed by atoms with van der Waals surface area (Å²) in [5.41, 5.74) is 1.50. The average molecular weight is 266 g/mol. The Balaban J connectivity index is 2.28. The van der Waals surface area contributed by atoms with Gasteiger partial charge in [-0.05, 0) is 20.1 Å². The van der Waals surface area contributed by atoms with Crippen molar-refractivity contribution in [1.29, 1.82) is 0 Å². The minimum Gasteiger partial charge on any atom is -0.367 e. The second-order valence-corrected chi connectivity index (χ2v) is 6.08. The fourth-order valence-electron chi connectivity index (χ4n) is 1.44. The summed E-state index contributed by atoms with van der Waals surface area (Å²) in [7, 11) is 1.80. The molecule has 0 aliphatic carbocycles. The zero-order chi connectivity index (χ0) is 13.2. The highest BCUT2D eigenvalue weighted by atomic mass is 32.2. The van der Waals surface area contributed by atoms with Crippen LogP contribution in [-0.4, -0.2) is 44.5 Å². The number of H-pyrrole nitrogens is 1. The monoisotopic (exact) mass is 266 g/mol. The number of fused-ring (bicyclic) bond motifs is 1. The SMILES string of the molecule is CNc1nc(NCC(C)(C)SC)c2[nH]cnc2n1. The number of anilines is 2. The van der Waals surface area contributed by atoms with E-state index in [1.807, 2.05) is 11.8 Å². The van der Waals surface area contributed by atoms with Crippen LogP contribution >= 0.6 is 11.8 Å². The molecule has 0 fully saturated rings. The molecule has 7 heteroatoms. The zero-order valence-corrected chi connectivity index (χ0v) is 11.9. The van der Waals surface area contributed by atoms with E-state index in [4.69, 9.17) is 0 Å². The lowest BCUT2D eigenvalue weighted by molar-refractivity contribution is 0.750. The van der Waals surface area contributed by atoms with Gasteiger partial charge >= 0.3 is 0 Å². The van der Waals surface area contributed by atoms with E-state index in [1.54, 1.807) is 13.4 Å². The molecular formula is C11H18N6S. The molecule has 2 aromatic heterocycles. The van der Waals surface area contributed by atoms with Crippen molar-refractivity contribution in [2.45, 2.75) is 18.6 Å². The second kappa shape index (κ2) is 5.01. The van der Waals surface area contributed by atoms with Crippen LogP contribution in [0.3, 0.4) is 0 Å². The van der Waals surface area contributed by atoms with Crippen LogP contribution in [0.2, 0.25) is 0 Å². The third-order valence-electron chi connectivity index (χ3n) is 2.74. The van der Waals surface area contributed by atoms with E-state index in [-0.39, 0.29) is 4.75 Å². The van der Waals surface area contributed by atoms with Crippen molar-refractivity contribution >= 4 is 34.7 Å². The van der Waals surface area contributed by atoms with Crippen LogP contribution in [0.15, 0.2) is 6.33 Å². The third-order valence-corrected chi connectivity index (χ3v) is 3.99. The Hall–Kier alpha value is -1.50. The number of nitrogens with one attached hydrogen (secondary N) is 3. The molecule has 0 saturated heterocycles. The van der Waals surface area contributed by atoms with E-state index in [0.29, 0.717) is 11.6 Å². The van der Waals surface area contributed by atoms with Gasteiger partial charge in [0.1, 0.15) is 5.52 Å². The van der Waals surface area contributed by atoms with Crippen molar-refractivity contribution in [3.05, 3.63) is 6.33 Å². The largest absolute Gasteiger partial charge is 0.367 e. The number of hydrogen-bond donors (Lipinski definition) is 3. The molecule has 2 rings (SSSR count). The number of imidazole rings is 1. The smallest absolute Gasteiger partial charge is 0.226 e. The highest BCUT2D eigenvalue weighted by molar-refractivity contribution is 7.99. The molecular weight excluding hydrogens is 248 g/mol. The van der Waals surface area contributed by atoms with Gasteiger partial charge in [0.2, 0.25) is 5.95 Å². The minimum absolute atomic E-state index is 0.150. The standard InChI is InChI=1S/C11H18N6S/c1-11(2,18-4)5-13-8-7-9(15-6-14-7)17-10(12-3)16-8/h6H,5H2,1-4H3,(H3,12,13,14,15,16,17). The first kappa shape index (κ1) is 12.9. The van der Waals surface area contributed by atoms with Crippen LogP contribution in [-0.2, 0) is 0 Å². The topological polar surface area (TPSA) is 78.5 Å². The molecule has 0 bridgehead atoms. The lowest BCUT2D eigenvalue weighted by Gasteiger charge is -2.22. The molecule has 0 atom stereocenters. The van der Waals surface area contributed by atoms with E-state index in [1.165, 1.54) is 0 Å². The molecule has 18 heavy (non-hydrogen) atoms. The third kappa shape index (κ3) is 2.66. The van der Waals surface area contributed by atoms with Gasteiger partial charge in [-0.1, -0.05) is 0 Å². The van der Waals surface area contributed by atoms with Gasteiger partial charge in [-0.3, -0.25) is 0 Å². The summed E-state index contributed by atoms with van der Waals surface area (Å²) in [6.07, 6.45) is 3.73. The predicted molar refractivity (Wildman–Crippen MR) is 77.3 cm³/mol. The highest BCUT2D eigenvalue weighted by Gasteiger charge is 2.17. The van der Waals surface area contributed by atoms with Crippen LogP contribution < -0.4 is 10.6 Å². The van der Waals surface area contributed by atoms with Crippen LogP contribution in [0.25, 0.3) is 11.2 Å². The molecule has 98 valence electrons. The maximum Gasteiger partial charge on any atom is 0.226 e. The predicted octanol–water partition coefficient (Wildman–Crippen LogP) is 1.95. The summed E-state index contributed by atoms with van der Waals surface area (Å²) in [6, 6.07) is 0. The molecule has 6 nitrogen and oxygen atoms in total. The maximum absolute atomic E-state index is 4.42. The van der Waals surface area contributed by atoms with Crippen molar-refractivity contribution < 1.29 is 0 Å². The molecule has 0 spiro atoms. The summed E-state index contributed by atoms with van der Waals surface area (Å²) < 4.78 is 0.150. The van der Waals surface area contributed by atoms with Gasteiger partial charge < -0.3 is 15.6 Å². The first-order chi connectivity index (χ1) is 8.55. The molecule has 2 aromatic rings. The van der Waals surface area contributed by atoms with E-state index in [0.717, 1.165) is 17.9 Å². The highest BCUT2D eigenvalue weighted by Crippen LogP contribution is 2.24. The Morgan fingerprint density at radius 2 is 2.17 bits per heavy atom. The molecule has 2 heterocycles. The van der Waals surface area contributed by atoms with Gasteiger partial charge in [0.15, 0.2) is 11.5 Å². The summed E-state index contributed by atoms with van der Waals surface area (Å²) in [5, 5.41) is 6.30. The average Bonchev–Trinajstić information content (AvgIpc) is 2.84. The first-order valence-corrected chi connectivity index (χ1v) is 6.96. The Morgan fingerprint density at radius 3 is 2.83 bits per heavy atom. The van der Waals surface area contributed by atoms with Crippen LogP contribution in [0, 0.1) is 0 Å². The molecule has 0 radical (unpaired) electrons. The number of nitrogens with zero attached hydrogens (tertiary/aromatic N) is 3. The molecule has 0 saturated carbocycles. The summed E-state index contributed by atoms with van der Waals surface area (Å²) in [5.74, 6) is 1.35. The van der Waals surface area contributed by atoms with E-state index in [9.17, 15) is 0 Å². The number of thioether (sulfide) groups is 1. The first-order valence-electron chi connectivity index (χ1n) is 5.73. The number of rotatable bonds is 5. The van der Waals surface area contributed by atoms with Gasteiger partial charge in [-0.2, -0.15) is 21.7 Å². The Labute approximate surface area is 110 Å². The van der Waals surface area contributed by atoms with Crippen LogP contribution in [0.1, 0.15) is 13.8 Å². The van der Waals surface area contributed by atoms with Crippen LogP contribution in [0.5, 0.6) is 0 Å². The summed E-state index contributed by atoms with van der Waals surface area (Å²) in [6.45, 7) is 5.20. The molecule has 0 unspecified atom stereocenters. The normalized spacial score (nSPS) is 11.8. The molecule has 0 amide bonds. The lowest BCUT2D eigenvalue weighted by atomic mass is 10.2. The van der Waals surface area contributed by atoms with Crippen molar-refractivity contribution in [3.8, 4) is 0 Å². The molecule has 0 aliphatic heterocycles. The van der Waals surface area contributed by atoms with E-state index >= 15 is 0 Å². The van der Waals surface area contributed by atoms with E-state index < -0.39 is 0 Å². The summed E-state index contributed by atoms with van der Waals surface area (Å²) in [4.78, 5) is 15.9.